The maximum atomic E-state index is 13.6. The Kier molecular flexibility index (Phi) is 6.91. The summed E-state index contributed by atoms with van der Waals surface area (Å²) in [5.41, 5.74) is 0.900. The number of ether oxygens (including phenoxy) is 1. The van der Waals surface area contributed by atoms with Gasteiger partial charge < -0.3 is 15.0 Å². The van der Waals surface area contributed by atoms with Crippen LogP contribution in [0.4, 0.5) is 10.1 Å². The Hall–Kier alpha value is -3.15. The molecule has 0 unspecified atom stereocenters. The van der Waals surface area contributed by atoms with Crippen LogP contribution in [0, 0.1) is 5.82 Å². The Morgan fingerprint density at radius 3 is 2.65 bits per heavy atom. The van der Waals surface area contributed by atoms with E-state index in [0.717, 1.165) is 0 Å². The van der Waals surface area contributed by atoms with Crippen LogP contribution in [0.2, 0.25) is 0 Å². The number of rotatable bonds is 7. The number of halogens is 1. The summed E-state index contributed by atoms with van der Waals surface area (Å²) in [6.45, 7) is 2.02. The summed E-state index contributed by atoms with van der Waals surface area (Å²) < 4.78 is 18.7. The van der Waals surface area contributed by atoms with Crippen molar-refractivity contribution in [1.82, 2.24) is 4.90 Å². The molecule has 0 atom stereocenters. The molecule has 5 nitrogen and oxygen atoms in total. The van der Waals surface area contributed by atoms with E-state index in [1.165, 1.54) is 23.1 Å². The highest BCUT2D eigenvalue weighted by Crippen LogP contribution is 2.16. The van der Waals surface area contributed by atoms with Crippen LogP contribution in [-0.2, 0) is 9.59 Å². The fraction of sp³-hybridized carbons (Fsp3) is 0.200. The van der Waals surface area contributed by atoms with Gasteiger partial charge in [0.2, 0.25) is 11.8 Å². The molecule has 0 spiro atoms. The predicted molar refractivity (Wildman–Crippen MR) is 99.3 cm³/mol. The van der Waals surface area contributed by atoms with Crippen LogP contribution in [0.1, 0.15) is 12.5 Å². The third-order valence-electron chi connectivity index (χ3n) is 3.69. The molecule has 0 fully saturated rings. The van der Waals surface area contributed by atoms with Crippen molar-refractivity contribution in [2.75, 3.05) is 25.5 Å². The van der Waals surface area contributed by atoms with Crippen molar-refractivity contribution in [3.63, 3.8) is 0 Å². The Balaban J connectivity index is 1.97. The largest absolute Gasteiger partial charge is 0.497 e. The second-order valence-electron chi connectivity index (χ2n) is 5.49. The molecule has 6 heteroatoms. The summed E-state index contributed by atoms with van der Waals surface area (Å²) in [5, 5.41) is 2.72. The summed E-state index contributed by atoms with van der Waals surface area (Å²) in [6.07, 6.45) is 2.67. The normalized spacial score (nSPS) is 10.6. The maximum absolute atomic E-state index is 13.6. The molecular weight excluding hydrogens is 335 g/mol. The molecule has 0 heterocycles. The molecule has 0 aliphatic rings. The van der Waals surface area contributed by atoms with Gasteiger partial charge in [-0.25, -0.2) is 4.39 Å². The predicted octanol–water partition coefficient (Wildman–Crippen LogP) is 3.33. The van der Waals surface area contributed by atoms with E-state index in [-0.39, 0.29) is 18.4 Å². The van der Waals surface area contributed by atoms with Crippen LogP contribution in [0.25, 0.3) is 6.08 Å². The number of carbonyl (C=O) groups excluding carboxylic acids is 2. The van der Waals surface area contributed by atoms with Gasteiger partial charge in [-0.1, -0.05) is 24.3 Å². The number of anilines is 1. The number of hydrogen-bond donors (Lipinski definition) is 1. The third-order valence-corrected chi connectivity index (χ3v) is 3.69. The minimum atomic E-state index is -0.407. The van der Waals surface area contributed by atoms with Crippen LogP contribution < -0.4 is 10.1 Å². The van der Waals surface area contributed by atoms with Crippen LogP contribution in [0.3, 0.4) is 0 Å². The molecule has 0 radical (unpaired) electrons. The first-order chi connectivity index (χ1) is 12.5. The highest BCUT2D eigenvalue weighted by molar-refractivity contribution is 5.98. The summed E-state index contributed by atoms with van der Waals surface area (Å²) in [4.78, 5) is 25.8. The fourth-order valence-electron chi connectivity index (χ4n) is 2.30. The first-order valence-corrected chi connectivity index (χ1v) is 8.19. The van der Waals surface area contributed by atoms with Gasteiger partial charge in [0, 0.05) is 29.9 Å². The molecule has 0 saturated heterocycles. The van der Waals surface area contributed by atoms with Crippen LogP contribution >= 0.6 is 0 Å². The monoisotopic (exact) mass is 356 g/mol. The van der Waals surface area contributed by atoms with Gasteiger partial charge in [0.05, 0.1) is 7.11 Å². The SMILES string of the molecule is CCN(CC(=O)Nc1cccc(OC)c1)C(=O)/C=C/c1ccccc1F. The third kappa shape index (κ3) is 5.44. The second-order valence-corrected chi connectivity index (χ2v) is 5.49. The molecule has 0 aliphatic carbocycles. The van der Waals surface area contributed by atoms with Crippen molar-refractivity contribution in [2.24, 2.45) is 0 Å². The summed E-state index contributed by atoms with van der Waals surface area (Å²) in [6, 6.07) is 13.1. The highest BCUT2D eigenvalue weighted by Gasteiger charge is 2.14. The second kappa shape index (κ2) is 9.36. The Morgan fingerprint density at radius 1 is 1.19 bits per heavy atom. The van der Waals surface area contributed by atoms with E-state index in [0.29, 0.717) is 23.5 Å². The zero-order valence-electron chi connectivity index (χ0n) is 14.7. The van der Waals surface area contributed by atoms with Crippen molar-refractivity contribution in [3.05, 3.63) is 66.0 Å². The molecule has 136 valence electrons. The first kappa shape index (κ1) is 19.2. The quantitative estimate of drug-likeness (QED) is 0.774. The minimum Gasteiger partial charge on any atom is -0.497 e. The van der Waals surface area contributed by atoms with E-state index in [1.54, 1.807) is 56.5 Å². The molecule has 2 rings (SSSR count). The average molecular weight is 356 g/mol. The highest BCUT2D eigenvalue weighted by atomic mass is 19.1. The lowest BCUT2D eigenvalue weighted by Gasteiger charge is -2.18. The van der Waals surface area contributed by atoms with E-state index >= 15 is 0 Å². The number of nitrogens with one attached hydrogen (secondary N) is 1. The lowest BCUT2D eigenvalue weighted by atomic mass is 10.2. The molecule has 26 heavy (non-hydrogen) atoms. The van der Waals surface area contributed by atoms with E-state index in [4.69, 9.17) is 4.74 Å². The molecule has 2 aromatic carbocycles. The lowest BCUT2D eigenvalue weighted by molar-refractivity contribution is -0.130. The lowest BCUT2D eigenvalue weighted by Crippen LogP contribution is -2.36. The minimum absolute atomic E-state index is 0.103. The average Bonchev–Trinajstić information content (AvgIpc) is 2.65. The van der Waals surface area contributed by atoms with E-state index in [1.807, 2.05) is 0 Å². The number of carbonyl (C=O) groups is 2. The standard InChI is InChI=1S/C20H21FN2O3/c1-3-23(20(25)12-11-15-7-4-5-10-18(15)21)14-19(24)22-16-8-6-9-17(13-16)26-2/h4-13H,3,14H2,1-2H3,(H,22,24)/b12-11+. The molecule has 0 aliphatic heterocycles. The summed E-state index contributed by atoms with van der Waals surface area (Å²) in [7, 11) is 1.54. The number of likely N-dealkylation sites (N-methyl/N-ethyl adjacent to an activating group) is 1. The molecule has 2 amide bonds. The summed E-state index contributed by atoms with van der Waals surface area (Å²) >= 11 is 0. The molecule has 1 N–H and O–H groups in total. The number of benzene rings is 2. The number of methoxy groups -OCH3 is 1. The topological polar surface area (TPSA) is 58.6 Å². The van der Waals surface area contributed by atoms with Gasteiger partial charge in [0.1, 0.15) is 18.1 Å². The van der Waals surface area contributed by atoms with Crippen LogP contribution in [0.15, 0.2) is 54.6 Å². The van der Waals surface area contributed by atoms with Crippen LogP contribution in [-0.4, -0.2) is 36.9 Å². The Bertz CT molecular complexity index is 805. The molecule has 0 bridgehead atoms. The first-order valence-electron chi connectivity index (χ1n) is 8.19. The van der Waals surface area contributed by atoms with Crippen molar-refractivity contribution < 1.29 is 18.7 Å². The molecule has 0 saturated carbocycles. The van der Waals surface area contributed by atoms with Crippen molar-refractivity contribution in [2.45, 2.75) is 6.92 Å². The van der Waals surface area contributed by atoms with E-state index in [2.05, 4.69) is 5.32 Å². The van der Waals surface area contributed by atoms with Gasteiger partial charge in [0.15, 0.2) is 0 Å². The van der Waals surface area contributed by atoms with Gasteiger partial charge in [-0.15, -0.1) is 0 Å². The van der Waals surface area contributed by atoms with Crippen molar-refractivity contribution >= 4 is 23.6 Å². The number of amides is 2. The van der Waals surface area contributed by atoms with E-state index < -0.39 is 5.82 Å². The van der Waals surface area contributed by atoms with Gasteiger partial charge in [-0.05, 0) is 31.2 Å². The Labute approximate surface area is 152 Å². The van der Waals surface area contributed by atoms with E-state index in [9.17, 15) is 14.0 Å². The number of hydrogen-bond acceptors (Lipinski definition) is 3. The maximum Gasteiger partial charge on any atom is 0.247 e. The van der Waals surface area contributed by atoms with Crippen molar-refractivity contribution in [1.29, 1.82) is 0 Å². The zero-order chi connectivity index (χ0) is 18.9. The number of nitrogens with zero attached hydrogens (tertiary/aromatic N) is 1. The summed E-state index contributed by atoms with van der Waals surface area (Å²) in [5.74, 6) is -0.473. The van der Waals surface area contributed by atoms with Crippen molar-refractivity contribution in [3.8, 4) is 5.75 Å². The molecule has 2 aromatic rings. The van der Waals surface area contributed by atoms with Gasteiger partial charge in [0.25, 0.3) is 0 Å². The zero-order valence-corrected chi connectivity index (χ0v) is 14.7. The molecule has 0 aromatic heterocycles. The van der Waals surface area contributed by atoms with Gasteiger partial charge in [-0.3, -0.25) is 9.59 Å². The van der Waals surface area contributed by atoms with Gasteiger partial charge in [-0.2, -0.15) is 0 Å². The molecular formula is C20H21FN2O3. The Morgan fingerprint density at radius 2 is 1.96 bits per heavy atom. The smallest absolute Gasteiger partial charge is 0.247 e. The van der Waals surface area contributed by atoms with Crippen LogP contribution in [0.5, 0.6) is 5.75 Å². The van der Waals surface area contributed by atoms with Gasteiger partial charge >= 0.3 is 0 Å². The fourth-order valence-corrected chi connectivity index (χ4v) is 2.30.